The van der Waals surface area contributed by atoms with Crippen LogP contribution in [0.1, 0.15) is 61.7 Å². The number of alkyl halides is 3. The van der Waals surface area contributed by atoms with E-state index in [4.69, 9.17) is 5.26 Å². The third-order valence-corrected chi connectivity index (χ3v) is 6.80. The quantitative estimate of drug-likeness (QED) is 0.457. The van der Waals surface area contributed by atoms with E-state index in [1.807, 2.05) is 0 Å². The number of amides is 1. The number of ether oxygens (including phenoxy) is 1. The van der Waals surface area contributed by atoms with Gasteiger partial charge in [0.1, 0.15) is 5.75 Å². The third-order valence-electron chi connectivity index (χ3n) is 5.05. The lowest BCUT2D eigenvalue weighted by atomic mass is 9.83. The Kier molecular flexibility index (Phi) is 7.66. The molecule has 0 aliphatic rings. The Balaban J connectivity index is 2.67. The molecule has 0 saturated carbocycles. The van der Waals surface area contributed by atoms with Crippen LogP contribution in [0.15, 0.2) is 24.3 Å². The van der Waals surface area contributed by atoms with Crippen LogP contribution in [-0.2, 0) is 15.4 Å². The molecular formula is C23H26F3N3O5S. The highest BCUT2D eigenvalue weighted by atomic mass is 32.2. The Labute approximate surface area is 201 Å². The number of carbonyl (C=O) groups excluding carboxylic acids is 1. The number of rotatable bonds is 6. The minimum atomic E-state index is -5.10. The van der Waals surface area contributed by atoms with Gasteiger partial charge in [0.15, 0.2) is 5.75 Å². The first-order valence-electron chi connectivity index (χ1n) is 10.4. The van der Waals surface area contributed by atoms with Crippen molar-refractivity contribution in [1.29, 1.82) is 5.26 Å². The summed E-state index contributed by atoms with van der Waals surface area (Å²) in [5.74, 6) is -2.28. The lowest BCUT2D eigenvalue weighted by molar-refractivity contribution is -0.274. The van der Waals surface area contributed by atoms with Gasteiger partial charge < -0.3 is 15.2 Å². The molecule has 0 atom stereocenters. The Morgan fingerprint density at radius 2 is 1.74 bits per heavy atom. The van der Waals surface area contributed by atoms with Crippen LogP contribution in [0.25, 0.3) is 0 Å². The van der Waals surface area contributed by atoms with Crippen LogP contribution in [0.3, 0.4) is 0 Å². The van der Waals surface area contributed by atoms with Crippen molar-refractivity contribution in [2.24, 2.45) is 0 Å². The number of hydrogen-bond acceptors (Lipinski definition) is 6. The number of sulfonamides is 1. The zero-order chi connectivity index (χ0) is 26.9. The van der Waals surface area contributed by atoms with Crippen LogP contribution in [0, 0.1) is 18.3 Å². The Hall–Kier alpha value is -3.46. The summed E-state index contributed by atoms with van der Waals surface area (Å²) in [5.41, 5.74) is -1.27. The fourth-order valence-electron chi connectivity index (χ4n) is 3.08. The number of phenolic OH excluding ortho intramolecular Hbond substituents is 1. The van der Waals surface area contributed by atoms with Crippen molar-refractivity contribution >= 4 is 27.3 Å². The SMILES string of the molecule is Cc1c(NS(=O)(=O)C(C)C)cc(C(C)(C)C)c(O)c1C(=O)Nc1ccc(C#N)cc1OC(F)(F)F. The predicted molar refractivity (Wildman–Crippen MR) is 125 cm³/mol. The second-order valence-corrected chi connectivity index (χ2v) is 11.3. The third kappa shape index (κ3) is 6.57. The minimum absolute atomic E-state index is 0.0400. The fraction of sp³-hybridized carbons (Fsp3) is 0.391. The van der Waals surface area contributed by atoms with Crippen molar-refractivity contribution in [3.63, 3.8) is 0 Å². The molecule has 0 unspecified atom stereocenters. The molecule has 12 heteroatoms. The van der Waals surface area contributed by atoms with E-state index >= 15 is 0 Å². The molecule has 1 amide bonds. The summed E-state index contributed by atoms with van der Waals surface area (Å²) in [5, 5.41) is 21.4. The topological polar surface area (TPSA) is 129 Å². The molecule has 0 aromatic heterocycles. The van der Waals surface area contributed by atoms with Crippen LogP contribution >= 0.6 is 0 Å². The fourth-order valence-corrected chi connectivity index (χ4v) is 3.84. The van der Waals surface area contributed by atoms with Gasteiger partial charge in [0.2, 0.25) is 10.0 Å². The number of aromatic hydroxyl groups is 1. The molecule has 0 saturated heterocycles. The van der Waals surface area contributed by atoms with Crippen molar-refractivity contribution in [3.05, 3.63) is 46.5 Å². The van der Waals surface area contributed by atoms with Gasteiger partial charge in [-0.25, -0.2) is 8.42 Å². The number of carbonyl (C=O) groups is 1. The summed E-state index contributed by atoms with van der Waals surface area (Å²) in [4.78, 5) is 13.2. The number of phenols is 1. The number of benzene rings is 2. The highest BCUT2D eigenvalue weighted by Crippen LogP contribution is 2.40. The van der Waals surface area contributed by atoms with E-state index in [0.29, 0.717) is 0 Å². The summed E-state index contributed by atoms with van der Waals surface area (Å²) in [7, 11) is -3.82. The molecule has 0 radical (unpaired) electrons. The molecule has 0 aliphatic carbocycles. The standard InChI is InChI=1S/C23H26F3N3O5S/c1-12(2)35(32,33)29-17-10-15(22(4,5)6)20(30)19(13(17)3)21(31)28-16-8-7-14(11-27)9-18(16)34-23(24,25)26/h7-10,12,29-30H,1-6H3,(H,28,31). The van der Waals surface area contributed by atoms with Gasteiger partial charge in [0.05, 0.1) is 33.8 Å². The molecule has 3 N–H and O–H groups in total. The molecule has 190 valence electrons. The molecule has 0 heterocycles. The second-order valence-electron chi connectivity index (χ2n) is 9.09. The molecular weight excluding hydrogens is 487 g/mol. The average molecular weight is 514 g/mol. The van der Waals surface area contributed by atoms with E-state index < -0.39 is 50.1 Å². The zero-order valence-electron chi connectivity index (χ0n) is 20.0. The maximum atomic E-state index is 13.2. The number of hydrogen-bond donors (Lipinski definition) is 3. The van der Waals surface area contributed by atoms with E-state index in [-0.39, 0.29) is 27.9 Å². The number of nitriles is 1. The number of nitrogens with zero attached hydrogens (tertiary/aromatic N) is 1. The van der Waals surface area contributed by atoms with Gasteiger partial charge >= 0.3 is 6.36 Å². The van der Waals surface area contributed by atoms with Crippen LogP contribution < -0.4 is 14.8 Å². The summed E-state index contributed by atoms with van der Waals surface area (Å²) in [6, 6.07) is 6.14. The van der Waals surface area contributed by atoms with Crippen molar-refractivity contribution in [3.8, 4) is 17.6 Å². The highest BCUT2D eigenvalue weighted by molar-refractivity contribution is 7.93. The van der Waals surface area contributed by atoms with Gasteiger partial charge in [-0.3, -0.25) is 9.52 Å². The molecule has 35 heavy (non-hydrogen) atoms. The zero-order valence-corrected chi connectivity index (χ0v) is 20.8. The molecule has 0 spiro atoms. The van der Waals surface area contributed by atoms with Crippen LogP contribution in [0.5, 0.6) is 11.5 Å². The second kappa shape index (κ2) is 9.65. The van der Waals surface area contributed by atoms with E-state index in [0.717, 1.165) is 12.1 Å². The summed E-state index contributed by atoms with van der Waals surface area (Å²) >= 11 is 0. The summed E-state index contributed by atoms with van der Waals surface area (Å²) in [6.45, 7) is 9.51. The van der Waals surface area contributed by atoms with E-state index in [1.165, 1.54) is 32.9 Å². The van der Waals surface area contributed by atoms with Gasteiger partial charge in [0, 0.05) is 11.6 Å². The normalized spacial score (nSPS) is 12.3. The van der Waals surface area contributed by atoms with Gasteiger partial charge in [-0.05, 0) is 49.9 Å². The number of halogens is 3. The van der Waals surface area contributed by atoms with Gasteiger partial charge in [-0.15, -0.1) is 13.2 Å². The van der Waals surface area contributed by atoms with E-state index in [2.05, 4.69) is 14.8 Å². The number of anilines is 2. The molecule has 0 fully saturated rings. The van der Waals surface area contributed by atoms with Crippen LogP contribution in [0.4, 0.5) is 24.5 Å². The van der Waals surface area contributed by atoms with Crippen LogP contribution in [0.2, 0.25) is 0 Å². The Morgan fingerprint density at radius 3 is 2.23 bits per heavy atom. The molecule has 8 nitrogen and oxygen atoms in total. The number of nitrogens with one attached hydrogen (secondary N) is 2. The van der Waals surface area contributed by atoms with E-state index in [1.54, 1.807) is 26.8 Å². The van der Waals surface area contributed by atoms with Gasteiger partial charge in [-0.1, -0.05) is 20.8 Å². The maximum Gasteiger partial charge on any atom is 0.573 e. The molecule has 2 rings (SSSR count). The first kappa shape index (κ1) is 27.8. The first-order chi connectivity index (χ1) is 15.9. The predicted octanol–water partition coefficient (Wildman–Crippen LogP) is 5.17. The van der Waals surface area contributed by atoms with Crippen molar-refractivity contribution in [2.45, 2.75) is 58.6 Å². The summed E-state index contributed by atoms with van der Waals surface area (Å²) < 4.78 is 70.0. The van der Waals surface area contributed by atoms with Crippen LogP contribution in [-0.4, -0.2) is 31.0 Å². The van der Waals surface area contributed by atoms with Crippen molar-refractivity contribution in [2.75, 3.05) is 10.0 Å². The van der Waals surface area contributed by atoms with Crippen molar-refractivity contribution in [1.82, 2.24) is 0 Å². The smallest absolute Gasteiger partial charge is 0.507 e. The molecule has 0 bridgehead atoms. The lowest BCUT2D eigenvalue weighted by Crippen LogP contribution is -2.25. The lowest BCUT2D eigenvalue weighted by Gasteiger charge is -2.25. The van der Waals surface area contributed by atoms with E-state index in [9.17, 15) is 31.5 Å². The largest absolute Gasteiger partial charge is 0.573 e. The summed E-state index contributed by atoms with van der Waals surface area (Å²) in [6.07, 6.45) is -5.10. The Bertz CT molecular complexity index is 1290. The molecule has 2 aromatic carbocycles. The minimum Gasteiger partial charge on any atom is -0.507 e. The van der Waals surface area contributed by atoms with Crippen molar-refractivity contribution < 1.29 is 36.2 Å². The molecule has 0 aliphatic heterocycles. The monoisotopic (exact) mass is 513 g/mol. The average Bonchev–Trinajstić information content (AvgIpc) is 2.69. The van der Waals surface area contributed by atoms with Gasteiger partial charge in [0.25, 0.3) is 5.91 Å². The molecule has 2 aromatic rings. The first-order valence-corrected chi connectivity index (χ1v) is 11.9. The highest BCUT2D eigenvalue weighted by Gasteiger charge is 2.33. The Morgan fingerprint density at radius 1 is 1.14 bits per heavy atom. The van der Waals surface area contributed by atoms with Gasteiger partial charge in [-0.2, -0.15) is 5.26 Å². The maximum absolute atomic E-state index is 13.2.